The Labute approximate surface area is 169 Å². The van der Waals surface area contributed by atoms with Crippen molar-refractivity contribution < 1.29 is 13.6 Å². The minimum Gasteiger partial charge on any atom is -0.340 e. The summed E-state index contributed by atoms with van der Waals surface area (Å²) in [4.78, 5) is 18.4. The van der Waals surface area contributed by atoms with Gasteiger partial charge in [0.05, 0.1) is 6.54 Å². The molecule has 1 fully saturated rings. The predicted octanol–water partition coefficient (Wildman–Crippen LogP) is 3.39. The van der Waals surface area contributed by atoms with Gasteiger partial charge < -0.3 is 4.90 Å². The number of likely N-dealkylation sites (N-methyl/N-ethyl adjacent to an activating group) is 1. The van der Waals surface area contributed by atoms with E-state index in [1.807, 2.05) is 0 Å². The van der Waals surface area contributed by atoms with E-state index < -0.39 is 0 Å². The Morgan fingerprint density at radius 2 is 1.68 bits per heavy atom. The van der Waals surface area contributed by atoms with Gasteiger partial charge in [-0.1, -0.05) is 29.8 Å². The maximum absolute atomic E-state index is 14.0. The van der Waals surface area contributed by atoms with Gasteiger partial charge in [0.15, 0.2) is 0 Å². The molecule has 1 aliphatic rings. The van der Waals surface area contributed by atoms with E-state index in [2.05, 4.69) is 9.80 Å². The van der Waals surface area contributed by atoms with Crippen molar-refractivity contribution in [2.75, 3.05) is 39.8 Å². The second-order valence-corrected chi connectivity index (χ2v) is 7.54. The Kier molecular flexibility index (Phi) is 6.99. The van der Waals surface area contributed by atoms with E-state index in [9.17, 15) is 13.6 Å². The van der Waals surface area contributed by atoms with Crippen molar-refractivity contribution in [3.8, 4) is 0 Å². The molecular weight excluding hydrogens is 384 g/mol. The summed E-state index contributed by atoms with van der Waals surface area (Å²) >= 11 is 6.11. The molecule has 0 atom stereocenters. The van der Waals surface area contributed by atoms with Gasteiger partial charge in [0.2, 0.25) is 5.91 Å². The molecule has 1 saturated heterocycles. The number of rotatable bonds is 6. The van der Waals surface area contributed by atoms with Crippen molar-refractivity contribution in [3.63, 3.8) is 0 Å². The van der Waals surface area contributed by atoms with Crippen molar-refractivity contribution in [1.29, 1.82) is 0 Å². The van der Waals surface area contributed by atoms with Gasteiger partial charge in [-0.25, -0.2) is 8.78 Å². The Bertz CT molecular complexity index is 788. The molecule has 2 aromatic rings. The van der Waals surface area contributed by atoms with Crippen LogP contribution in [0, 0.1) is 11.6 Å². The molecule has 7 heteroatoms. The number of carbonyl (C=O) groups is 1. The highest BCUT2D eigenvalue weighted by atomic mass is 35.5. The van der Waals surface area contributed by atoms with E-state index in [-0.39, 0.29) is 17.5 Å². The van der Waals surface area contributed by atoms with E-state index in [1.165, 1.54) is 18.2 Å². The summed E-state index contributed by atoms with van der Waals surface area (Å²) in [7, 11) is 1.75. The van der Waals surface area contributed by atoms with E-state index in [0.717, 1.165) is 31.7 Å². The maximum Gasteiger partial charge on any atom is 0.236 e. The van der Waals surface area contributed by atoms with Crippen LogP contribution in [0.1, 0.15) is 11.1 Å². The average molecular weight is 408 g/mol. The zero-order valence-electron chi connectivity index (χ0n) is 15.9. The molecule has 0 bridgehead atoms. The fourth-order valence-corrected chi connectivity index (χ4v) is 3.50. The zero-order valence-corrected chi connectivity index (χ0v) is 16.6. The molecule has 0 spiro atoms. The SMILES string of the molecule is CN(Cc1ccc(F)cc1)C(=O)CN1CCN(Cc2c(F)cccc2Cl)CC1. The monoisotopic (exact) mass is 407 g/mol. The van der Waals surface area contributed by atoms with Gasteiger partial charge in [-0.05, 0) is 29.8 Å². The van der Waals surface area contributed by atoms with Crippen LogP contribution in [0.15, 0.2) is 42.5 Å². The molecule has 1 aliphatic heterocycles. The first-order chi connectivity index (χ1) is 13.4. The van der Waals surface area contributed by atoms with Crippen LogP contribution < -0.4 is 0 Å². The predicted molar refractivity (Wildman–Crippen MR) is 106 cm³/mol. The molecule has 0 aromatic heterocycles. The summed E-state index contributed by atoms with van der Waals surface area (Å²) in [5, 5.41) is 0.444. The van der Waals surface area contributed by atoms with Crippen LogP contribution in [-0.2, 0) is 17.9 Å². The lowest BCUT2D eigenvalue weighted by Gasteiger charge is -2.35. The van der Waals surface area contributed by atoms with Gasteiger partial charge in [-0.15, -0.1) is 0 Å². The van der Waals surface area contributed by atoms with Crippen LogP contribution in [-0.4, -0.2) is 60.4 Å². The average Bonchev–Trinajstić information content (AvgIpc) is 2.68. The highest BCUT2D eigenvalue weighted by Gasteiger charge is 2.22. The van der Waals surface area contributed by atoms with Crippen LogP contribution >= 0.6 is 11.6 Å². The van der Waals surface area contributed by atoms with Gasteiger partial charge in [-0.2, -0.15) is 0 Å². The third-order valence-corrected chi connectivity index (χ3v) is 5.38. The van der Waals surface area contributed by atoms with E-state index in [0.29, 0.717) is 30.2 Å². The Morgan fingerprint density at radius 3 is 2.32 bits per heavy atom. The van der Waals surface area contributed by atoms with Gasteiger partial charge in [0.1, 0.15) is 11.6 Å². The van der Waals surface area contributed by atoms with Crippen LogP contribution in [0.4, 0.5) is 8.78 Å². The van der Waals surface area contributed by atoms with Crippen LogP contribution in [0.2, 0.25) is 5.02 Å². The smallest absolute Gasteiger partial charge is 0.236 e. The number of carbonyl (C=O) groups excluding carboxylic acids is 1. The number of piperazine rings is 1. The van der Waals surface area contributed by atoms with Gasteiger partial charge >= 0.3 is 0 Å². The first-order valence-corrected chi connectivity index (χ1v) is 9.66. The first-order valence-electron chi connectivity index (χ1n) is 9.28. The van der Waals surface area contributed by atoms with Crippen LogP contribution in [0.5, 0.6) is 0 Å². The Hall–Kier alpha value is -2.02. The number of hydrogen-bond acceptors (Lipinski definition) is 3. The molecule has 0 saturated carbocycles. The second-order valence-electron chi connectivity index (χ2n) is 7.13. The molecule has 0 unspecified atom stereocenters. The zero-order chi connectivity index (χ0) is 20.1. The lowest BCUT2D eigenvalue weighted by Crippen LogP contribution is -2.49. The summed E-state index contributed by atoms with van der Waals surface area (Å²) in [6, 6.07) is 10.9. The van der Waals surface area contributed by atoms with Crippen LogP contribution in [0.25, 0.3) is 0 Å². The molecule has 1 heterocycles. The number of benzene rings is 2. The summed E-state index contributed by atoms with van der Waals surface area (Å²) < 4.78 is 26.9. The quantitative estimate of drug-likeness (QED) is 0.734. The molecule has 1 amide bonds. The molecule has 28 heavy (non-hydrogen) atoms. The lowest BCUT2D eigenvalue weighted by atomic mass is 10.2. The number of halogens is 3. The van der Waals surface area contributed by atoms with Crippen molar-refractivity contribution >= 4 is 17.5 Å². The minimum absolute atomic E-state index is 0.0231. The number of nitrogens with zero attached hydrogens (tertiary/aromatic N) is 3. The van der Waals surface area contributed by atoms with Crippen molar-refractivity contribution in [3.05, 3.63) is 70.2 Å². The van der Waals surface area contributed by atoms with Crippen LogP contribution in [0.3, 0.4) is 0 Å². The third kappa shape index (κ3) is 5.50. The molecule has 150 valence electrons. The first kappa shape index (κ1) is 20.7. The summed E-state index contributed by atoms with van der Waals surface area (Å²) in [5.74, 6) is -0.547. The Morgan fingerprint density at radius 1 is 1.04 bits per heavy atom. The lowest BCUT2D eigenvalue weighted by molar-refractivity contribution is -0.132. The van der Waals surface area contributed by atoms with E-state index in [1.54, 1.807) is 36.2 Å². The normalized spacial score (nSPS) is 15.6. The highest BCUT2D eigenvalue weighted by molar-refractivity contribution is 6.31. The molecule has 0 radical (unpaired) electrons. The maximum atomic E-state index is 14.0. The van der Waals surface area contributed by atoms with Gasteiger partial charge in [0.25, 0.3) is 0 Å². The fourth-order valence-electron chi connectivity index (χ4n) is 3.28. The van der Waals surface area contributed by atoms with E-state index in [4.69, 9.17) is 11.6 Å². The van der Waals surface area contributed by atoms with Gasteiger partial charge in [0, 0.05) is 56.9 Å². The topological polar surface area (TPSA) is 26.8 Å². The van der Waals surface area contributed by atoms with Crippen molar-refractivity contribution in [1.82, 2.24) is 14.7 Å². The molecule has 4 nitrogen and oxygen atoms in total. The summed E-state index contributed by atoms with van der Waals surface area (Å²) in [6.07, 6.45) is 0. The van der Waals surface area contributed by atoms with E-state index >= 15 is 0 Å². The summed E-state index contributed by atoms with van der Waals surface area (Å²) in [5.41, 5.74) is 1.41. The molecule has 0 N–H and O–H groups in total. The molecule has 0 aliphatic carbocycles. The Balaban J connectivity index is 1.45. The highest BCUT2D eigenvalue weighted by Crippen LogP contribution is 2.21. The fraction of sp³-hybridized carbons (Fsp3) is 0.381. The number of amides is 1. The number of hydrogen-bond donors (Lipinski definition) is 0. The second kappa shape index (κ2) is 9.45. The third-order valence-electron chi connectivity index (χ3n) is 5.03. The summed E-state index contributed by atoms with van der Waals surface area (Å²) in [6.45, 7) is 4.23. The van der Waals surface area contributed by atoms with Gasteiger partial charge in [-0.3, -0.25) is 14.6 Å². The minimum atomic E-state index is -0.285. The standard InChI is InChI=1S/C21H24ClF2N3O/c1-25(13-16-5-7-17(23)8-6-16)21(28)15-27-11-9-26(10-12-27)14-18-19(22)3-2-4-20(18)24/h2-8H,9-15H2,1H3. The largest absolute Gasteiger partial charge is 0.340 e. The van der Waals surface area contributed by atoms with Crippen molar-refractivity contribution in [2.45, 2.75) is 13.1 Å². The molecule has 3 rings (SSSR count). The van der Waals surface area contributed by atoms with Crippen molar-refractivity contribution in [2.24, 2.45) is 0 Å². The molecular formula is C21H24ClF2N3O. The molecule has 2 aromatic carbocycles.